The van der Waals surface area contributed by atoms with Gasteiger partial charge in [-0.2, -0.15) is 0 Å². The van der Waals surface area contributed by atoms with Gasteiger partial charge in [-0.3, -0.25) is 4.90 Å². The van der Waals surface area contributed by atoms with Gasteiger partial charge in [0.1, 0.15) is 5.75 Å². The molecule has 0 saturated carbocycles. The third-order valence-corrected chi connectivity index (χ3v) is 3.13. The van der Waals surface area contributed by atoms with E-state index in [0.717, 1.165) is 0 Å². The molecule has 19 heavy (non-hydrogen) atoms. The van der Waals surface area contributed by atoms with Gasteiger partial charge in [-0.1, -0.05) is 6.07 Å². The van der Waals surface area contributed by atoms with Crippen LogP contribution in [-0.2, 0) is 0 Å². The van der Waals surface area contributed by atoms with Gasteiger partial charge in [0.25, 0.3) is 0 Å². The zero-order chi connectivity index (χ0) is 14.0. The minimum atomic E-state index is -0.240. The fourth-order valence-corrected chi connectivity index (χ4v) is 2.34. The highest BCUT2D eigenvalue weighted by Crippen LogP contribution is 2.19. The van der Waals surface area contributed by atoms with Gasteiger partial charge in [0, 0.05) is 11.8 Å². The van der Waals surface area contributed by atoms with Gasteiger partial charge in [-0.15, -0.1) is 0 Å². The summed E-state index contributed by atoms with van der Waals surface area (Å²) in [5.74, 6) is 0.695. The smallest absolute Gasteiger partial charge is 0.328 e. The number of anilines is 1. The SMILES string of the molecule is COc1cccc(NC(=O)N2CC(C)(C)NC2=S)c1. The maximum atomic E-state index is 12.2. The first-order valence-electron chi connectivity index (χ1n) is 5.96. The number of rotatable bonds is 2. The van der Waals surface area contributed by atoms with Gasteiger partial charge in [-0.25, -0.2) is 4.79 Å². The largest absolute Gasteiger partial charge is 0.497 e. The van der Waals surface area contributed by atoms with Crippen molar-refractivity contribution < 1.29 is 9.53 Å². The topological polar surface area (TPSA) is 53.6 Å². The normalized spacial score (nSPS) is 17.0. The number of nitrogens with zero attached hydrogens (tertiary/aromatic N) is 1. The van der Waals surface area contributed by atoms with Crippen molar-refractivity contribution in [3.8, 4) is 5.75 Å². The van der Waals surface area contributed by atoms with E-state index in [1.807, 2.05) is 26.0 Å². The summed E-state index contributed by atoms with van der Waals surface area (Å²) in [6.45, 7) is 4.54. The summed E-state index contributed by atoms with van der Waals surface area (Å²) in [7, 11) is 1.59. The molecule has 2 N–H and O–H groups in total. The van der Waals surface area contributed by atoms with Crippen LogP contribution in [0.3, 0.4) is 0 Å². The highest BCUT2D eigenvalue weighted by molar-refractivity contribution is 7.80. The first kappa shape index (κ1) is 13.6. The standard InChI is InChI=1S/C13H17N3O2S/c1-13(2)8-16(12(19)15-13)11(17)14-9-5-4-6-10(7-9)18-3/h4-7H,8H2,1-3H3,(H,14,17)(H,15,19). The highest BCUT2D eigenvalue weighted by Gasteiger charge is 2.35. The second-order valence-corrected chi connectivity index (χ2v) is 5.45. The number of benzene rings is 1. The number of hydrogen-bond donors (Lipinski definition) is 2. The third kappa shape index (κ3) is 3.14. The molecule has 0 aromatic heterocycles. The molecule has 6 heteroatoms. The van der Waals surface area contributed by atoms with Crippen molar-refractivity contribution in [2.45, 2.75) is 19.4 Å². The molecular weight excluding hydrogens is 262 g/mol. The first-order chi connectivity index (χ1) is 8.91. The van der Waals surface area contributed by atoms with Crippen LogP contribution in [0.25, 0.3) is 0 Å². The van der Waals surface area contributed by atoms with E-state index in [1.165, 1.54) is 4.90 Å². The first-order valence-corrected chi connectivity index (χ1v) is 6.37. The van der Waals surface area contributed by atoms with Crippen LogP contribution in [0.1, 0.15) is 13.8 Å². The summed E-state index contributed by atoms with van der Waals surface area (Å²) in [6, 6.07) is 6.96. The Morgan fingerprint density at radius 1 is 1.53 bits per heavy atom. The van der Waals surface area contributed by atoms with Gasteiger partial charge in [0.2, 0.25) is 0 Å². The Morgan fingerprint density at radius 2 is 2.26 bits per heavy atom. The number of nitrogens with one attached hydrogen (secondary N) is 2. The van der Waals surface area contributed by atoms with Crippen molar-refractivity contribution in [3.05, 3.63) is 24.3 Å². The molecule has 2 rings (SSSR count). The monoisotopic (exact) mass is 279 g/mol. The summed E-state index contributed by atoms with van der Waals surface area (Å²) in [6.07, 6.45) is 0. The Bertz CT molecular complexity index is 516. The summed E-state index contributed by atoms with van der Waals surface area (Å²) in [5.41, 5.74) is 0.486. The number of carbonyl (C=O) groups is 1. The van der Waals surface area contributed by atoms with Crippen molar-refractivity contribution in [1.82, 2.24) is 10.2 Å². The van der Waals surface area contributed by atoms with Crippen LogP contribution in [0.15, 0.2) is 24.3 Å². The average molecular weight is 279 g/mol. The number of urea groups is 1. The quantitative estimate of drug-likeness (QED) is 0.815. The molecule has 5 nitrogen and oxygen atoms in total. The number of amides is 2. The molecule has 0 atom stereocenters. The third-order valence-electron chi connectivity index (χ3n) is 2.81. The summed E-state index contributed by atoms with van der Waals surface area (Å²) in [4.78, 5) is 13.7. The lowest BCUT2D eigenvalue weighted by molar-refractivity contribution is 0.233. The Morgan fingerprint density at radius 3 is 2.84 bits per heavy atom. The molecule has 1 aromatic carbocycles. The van der Waals surface area contributed by atoms with Crippen LogP contribution in [0.2, 0.25) is 0 Å². The van der Waals surface area contributed by atoms with Crippen molar-refractivity contribution in [2.24, 2.45) is 0 Å². The highest BCUT2D eigenvalue weighted by atomic mass is 32.1. The average Bonchev–Trinajstić information content (AvgIpc) is 2.63. The number of methoxy groups -OCH3 is 1. The number of carbonyl (C=O) groups excluding carboxylic acids is 1. The summed E-state index contributed by atoms with van der Waals surface area (Å²) in [5, 5.41) is 6.36. The lowest BCUT2D eigenvalue weighted by Gasteiger charge is -2.18. The van der Waals surface area contributed by atoms with E-state index in [9.17, 15) is 4.79 Å². The molecule has 1 fully saturated rings. The van der Waals surface area contributed by atoms with E-state index >= 15 is 0 Å². The molecule has 1 saturated heterocycles. The second-order valence-electron chi connectivity index (χ2n) is 5.06. The van der Waals surface area contributed by atoms with Gasteiger partial charge in [0.05, 0.1) is 19.2 Å². The molecule has 0 aliphatic carbocycles. The van der Waals surface area contributed by atoms with Crippen molar-refractivity contribution in [3.63, 3.8) is 0 Å². The molecule has 2 amide bonds. The molecule has 102 valence electrons. The molecule has 1 aliphatic heterocycles. The van der Waals surface area contributed by atoms with E-state index in [0.29, 0.717) is 23.1 Å². The zero-order valence-electron chi connectivity index (χ0n) is 11.2. The predicted octanol–water partition coefficient (Wildman–Crippen LogP) is 2.20. The number of ether oxygens (including phenoxy) is 1. The van der Waals surface area contributed by atoms with E-state index in [-0.39, 0.29) is 11.6 Å². The fourth-order valence-electron chi connectivity index (χ4n) is 1.92. The molecule has 0 unspecified atom stereocenters. The molecule has 0 bridgehead atoms. The summed E-state index contributed by atoms with van der Waals surface area (Å²) >= 11 is 5.16. The maximum Gasteiger partial charge on any atom is 0.328 e. The van der Waals surface area contributed by atoms with Crippen molar-refractivity contribution >= 4 is 29.0 Å². The number of thiocarbonyl (C=S) groups is 1. The Balaban J connectivity index is 2.07. The maximum absolute atomic E-state index is 12.2. The molecule has 1 heterocycles. The molecule has 1 aliphatic rings. The minimum absolute atomic E-state index is 0.192. The van der Waals surface area contributed by atoms with Crippen LogP contribution in [0.4, 0.5) is 10.5 Å². The van der Waals surface area contributed by atoms with Crippen LogP contribution < -0.4 is 15.4 Å². The zero-order valence-corrected chi connectivity index (χ0v) is 12.0. The Labute approximate surface area is 117 Å². The minimum Gasteiger partial charge on any atom is -0.497 e. The second kappa shape index (κ2) is 5.05. The van der Waals surface area contributed by atoms with Crippen LogP contribution >= 0.6 is 12.2 Å². The summed E-state index contributed by atoms with van der Waals surface area (Å²) < 4.78 is 5.11. The van der Waals surface area contributed by atoms with Gasteiger partial charge in [0.15, 0.2) is 5.11 Å². The predicted molar refractivity (Wildman–Crippen MR) is 78.5 cm³/mol. The Hall–Kier alpha value is -1.82. The fraction of sp³-hybridized carbons (Fsp3) is 0.385. The lowest BCUT2D eigenvalue weighted by Crippen LogP contribution is -2.37. The Kier molecular flexibility index (Phi) is 3.61. The number of hydrogen-bond acceptors (Lipinski definition) is 3. The van der Waals surface area contributed by atoms with Crippen LogP contribution in [0, 0.1) is 0 Å². The van der Waals surface area contributed by atoms with Crippen molar-refractivity contribution in [1.29, 1.82) is 0 Å². The van der Waals surface area contributed by atoms with E-state index in [1.54, 1.807) is 19.2 Å². The van der Waals surface area contributed by atoms with Gasteiger partial charge in [-0.05, 0) is 38.2 Å². The van der Waals surface area contributed by atoms with E-state index in [4.69, 9.17) is 17.0 Å². The van der Waals surface area contributed by atoms with Crippen LogP contribution in [0.5, 0.6) is 5.75 Å². The van der Waals surface area contributed by atoms with Crippen molar-refractivity contribution in [2.75, 3.05) is 19.0 Å². The van der Waals surface area contributed by atoms with E-state index < -0.39 is 0 Å². The molecule has 0 radical (unpaired) electrons. The molecular formula is C13H17N3O2S. The van der Waals surface area contributed by atoms with Gasteiger partial charge < -0.3 is 15.4 Å². The van der Waals surface area contributed by atoms with Gasteiger partial charge >= 0.3 is 6.03 Å². The molecule has 0 spiro atoms. The van der Waals surface area contributed by atoms with Crippen LogP contribution in [-0.4, -0.2) is 35.2 Å². The molecule has 1 aromatic rings. The lowest BCUT2D eigenvalue weighted by atomic mass is 10.1. The van der Waals surface area contributed by atoms with E-state index in [2.05, 4.69) is 10.6 Å².